The van der Waals surface area contributed by atoms with Gasteiger partial charge < -0.3 is 18.6 Å². The summed E-state index contributed by atoms with van der Waals surface area (Å²) >= 11 is 0. The Balaban J connectivity index is 2.06. The van der Waals surface area contributed by atoms with Crippen molar-refractivity contribution in [2.24, 2.45) is 0 Å². The minimum Gasteiger partial charge on any atom is -0.496 e. The zero-order valence-corrected chi connectivity index (χ0v) is 15.9. The van der Waals surface area contributed by atoms with Gasteiger partial charge >= 0.3 is 0 Å². The molecule has 0 bridgehead atoms. The summed E-state index contributed by atoms with van der Waals surface area (Å²) in [6.45, 7) is 4.51. The van der Waals surface area contributed by atoms with Gasteiger partial charge in [-0.25, -0.2) is 0 Å². The topological polar surface area (TPSA) is 57.9 Å². The van der Waals surface area contributed by atoms with Crippen molar-refractivity contribution >= 4 is 11.0 Å². The van der Waals surface area contributed by atoms with Crippen LogP contribution in [-0.2, 0) is 0 Å². The normalized spacial score (nSPS) is 10.5. The van der Waals surface area contributed by atoms with Crippen molar-refractivity contribution in [2.45, 2.75) is 13.8 Å². The summed E-state index contributed by atoms with van der Waals surface area (Å²) in [5, 5.41) is 0.381. The minimum atomic E-state index is -0.169. The molecule has 0 saturated carbocycles. The van der Waals surface area contributed by atoms with Gasteiger partial charge in [0.05, 0.1) is 19.8 Å². The lowest BCUT2D eigenvalue weighted by Gasteiger charge is -2.10. The zero-order valence-electron chi connectivity index (χ0n) is 15.9. The Morgan fingerprint density at radius 3 is 2.59 bits per heavy atom. The lowest BCUT2D eigenvalue weighted by molar-refractivity contribution is 0.362. The molecule has 0 aliphatic heterocycles. The summed E-state index contributed by atoms with van der Waals surface area (Å²) in [5.74, 6) is 1.66. The molecule has 1 heterocycles. The quantitative estimate of drug-likeness (QED) is 0.585. The zero-order chi connectivity index (χ0) is 19.4. The summed E-state index contributed by atoms with van der Waals surface area (Å²) < 4.78 is 22.0. The highest BCUT2D eigenvalue weighted by molar-refractivity contribution is 5.88. The standard InChI is InChI=1S/C22H22O5/c1-14(2)8-9-26-16-7-5-6-15(10-16)18-13-27-20-12-17(24-3)11-19(25-4)21(20)22(18)23/h5-8,10-13H,9H2,1-4H3. The van der Waals surface area contributed by atoms with E-state index in [-0.39, 0.29) is 5.43 Å². The van der Waals surface area contributed by atoms with Crippen LogP contribution >= 0.6 is 0 Å². The Morgan fingerprint density at radius 1 is 1.07 bits per heavy atom. The van der Waals surface area contributed by atoms with Crippen LogP contribution in [-0.4, -0.2) is 20.8 Å². The molecule has 0 radical (unpaired) electrons. The van der Waals surface area contributed by atoms with E-state index in [0.717, 1.165) is 5.56 Å². The molecule has 0 N–H and O–H groups in total. The molecule has 0 fully saturated rings. The Bertz CT molecular complexity index is 1040. The van der Waals surface area contributed by atoms with Gasteiger partial charge in [-0.2, -0.15) is 0 Å². The fourth-order valence-electron chi connectivity index (χ4n) is 2.73. The van der Waals surface area contributed by atoms with Crippen molar-refractivity contribution in [3.05, 3.63) is 64.5 Å². The summed E-state index contributed by atoms with van der Waals surface area (Å²) in [5.41, 5.74) is 2.59. The van der Waals surface area contributed by atoms with Crippen LogP contribution in [0.5, 0.6) is 17.2 Å². The van der Waals surface area contributed by atoms with E-state index in [1.165, 1.54) is 18.9 Å². The number of hydrogen-bond donors (Lipinski definition) is 0. The maximum absolute atomic E-state index is 13.1. The van der Waals surface area contributed by atoms with E-state index in [0.29, 0.717) is 40.4 Å². The van der Waals surface area contributed by atoms with Gasteiger partial charge in [0.2, 0.25) is 5.43 Å². The Morgan fingerprint density at radius 2 is 1.89 bits per heavy atom. The molecule has 0 amide bonds. The number of hydrogen-bond acceptors (Lipinski definition) is 5. The third-order valence-electron chi connectivity index (χ3n) is 4.16. The van der Waals surface area contributed by atoms with E-state index in [2.05, 4.69) is 0 Å². The number of ether oxygens (including phenoxy) is 3. The predicted molar refractivity (Wildman–Crippen MR) is 106 cm³/mol. The minimum absolute atomic E-state index is 0.169. The van der Waals surface area contributed by atoms with E-state index < -0.39 is 0 Å². The first-order valence-corrected chi connectivity index (χ1v) is 8.57. The summed E-state index contributed by atoms with van der Waals surface area (Å²) in [4.78, 5) is 13.1. The van der Waals surface area contributed by atoms with Crippen molar-refractivity contribution in [3.8, 4) is 28.4 Å². The molecule has 0 aliphatic rings. The second-order valence-corrected chi connectivity index (χ2v) is 6.30. The van der Waals surface area contributed by atoms with Crippen molar-refractivity contribution in [1.82, 2.24) is 0 Å². The second-order valence-electron chi connectivity index (χ2n) is 6.30. The van der Waals surface area contributed by atoms with E-state index in [1.807, 2.05) is 44.2 Å². The van der Waals surface area contributed by atoms with Crippen LogP contribution in [0.3, 0.4) is 0 Å². The molecule has 0 spiro atoms. The first kappa shape index (κ1) is 18.6. The number of methoxy groups -OCH3 is 2. The second kappa shape index (κ2) is 7.99. The molecular weight excluding hydrogens is 344 g/mol. The largest absolute Gasteiger partial charge is 0.496 e. The van der Waals surface area contributed by atoms with Gasteiger partial charge in [-0.3, -0.25) is 4.79 Å². The van der Waals surface area contributed by atoms with Gasteiger partial charge in [-0.1, -0.05) is 17.7 Å². The molecule has 1 aromatic heterocycles. The highest BCUT2D eigenvalue weighted by Gasteiger charge is 2.15. The van der Waals surface area contributed by atoms with Crippen LogP contribution in [0.15, 0.2) is 63.5 Å². The number of benzene rings is 2. The van der Waals surface area contributed by atoms with Crippen molar-refractivity contribution in [2.75, 3.05) is 20.8 Å². The number of allylic oxidation sites excluding steroid dienone is 1. The molecule has 3 rings (SSSR count). The number of fused-ring (bicyclic) bond motifs is 1. The molecular formula is C22H22O5. The van der Waals surface area contributed by atoms with E-state index in [9.17, 15) is 4.79 Å². The molecule has 5 nitrogen and oxygen atoms in total. The van der Waals surface area contributed by atoms with Gasteiger partial charge in [0, 0.05) is 12.1 Å². The molecule has 27 heavy (non-hydrogen) atoms. The highest BCUT2D eigenvalue weighted by Crippen LogP contribution is 2.31. The number of rotatable bonds is 6. The van der Waals surface area contributed by atoms with E-state index in [4.69, 9.17) is 18.6 Å². The van der Waals surface area contributed by atoms with Crippen LogP contribution in [0.4, 0.5) is 0 Å². The van der Waals surface area contributed by atoms with Crippen LogP contribution in [0.2, 0.25) is 0 Å². The van der Waals surface area contributed by atoms with Crippen LogP contribution in [0.1, 0.15) is 13.8 Å². The van der Waals surface area contributed by atoms with Crippen molar-refractivity contribution < 1.29 is 18.6 Å². The highest BCUT2D eigenvalue weighted by atomic mass is 16.5. The average Bonchev–Trinajstić information content (AvgIpc) is 2.67. The maximum Gasteiger partial charge on any atom is 0.204 e. The van der Waals surface area contributed by atoms with Gasteiger partial charge in [0.1, 0.15) is 41.1 Å². The first-order valence-electron chi connectivity index (χ1n) is 8.57. The van der Waals surface area contributed by atoms with E-state index in [1.54, 1.807) is 19.2 Å². The third-order valence-corrected chi connectivity index (χ3v) is 4.16. The smallest absolute Gasteiger partial charge is 0.204 e. The molecule has 140 valence electrons. The van der Waals surface area contributed by atoms with Crippen molar-refractivity contribution in [3.63, 3.8) is 0 Å². The lowest BCUT2D eigenvalue weighted by Crippen LogP contribution is -2.07. The molecule has 0 aliphatic carbocycles. The van der Waals surface area contributed by atoms with Crippen LogP contribution in [0.25, 0.3) is 22.1 Å². The van der Waals surface area contributed by atoms with Crippen LogP contribution < -0.4 is 19.6 Å². The molecule has 5 heteroatoms. The molecule has 0 saturated heterocycles. The average molecular weight is 366 g/mol. The summed E-state index contributed by atoms with van der Waals surface area (Å²) in [6, 6.07) is 10.7. The Hall–Kier alpha value is -3.21. The monoisotopic (exact) mass is 366 g/mol. The third kappa shape index (κ3) is 3.97. The van der Waals surface area contributed by atoms with E-state index >= 15 is 0 Å². The molecule has 3 aromatic rings. The van der Waals surface area contributed by atoms with Gasteiger partial charge in [-0.05, 0) is 37.6 Å². The van der Waals surface area contributed by atoms with Crippen LogP contribution in [0, 0.1) is 0 Å². The summed E-state index contributed by atoms with van der Waals surface area (Å²) in [7, 11) is 3.06. The molecule has 0 unspecified atom stereocenters. The maximum atomic E-state index is 13.1. The van der Waals surface area contributed by atoms with Gasteiger partial charge in [0.25, 0.3) is 0 Å². The lowest BCUT2D eigenvalue weighted by atomic mass is 10.0. The SMILES string of the molecule is COc1cc(OC)c2c(=O)c(-c3cccc(OCC=C(C)C)c3)coc2c1. The Kier molecular flexibility index (Phi) is 5.50. The molecule has 0 atom stereocenters. The van der Waals surface area contributed by atoms with Gasteiger partial charge in [0.15, 0.2) is 0 Å². The Labute approximate surface area is 157 Å². The van der Waals surface area contributed by atoms with Gasteiger partial charge in [-0.15, -0.1) is 0 Å². The predicted octanol–water partition coefficient (Wildman–Crippen LogP) is 4.82. The fraction of sp³-hybridized carbons (Fsp3) is 0.227. The molecule has 2 aromatic carbocycles. The summed E-state index contributed by atoms with van der Waals surface area (Å²) in [6.07, 6.45) is 3.45. The first-order chi connectivity index (χ1) is 13.0. The fourth-order valence-corrected chi connectivity index (χ4v) is 2.73. The van der Waals surface area contributed by atoms with Crippen molar-refractivity contribution in [1.29, 1.82) is 0 Å².